The first-order valence-corrected chi connectivity index (χ1v) is 8.71. The van der Waals surface area contributed by atoms with Crippen molar-refractivity contribution in [2.24, 2.45) is 0 Å². The van der Waals surface area contributed by atoms with E-state index in [1.165, 1.54) is 17.0 Å². The molecule has 1 atom stereocenters. The zero-order valence-corrected chi connectivity index (χ0v) is 15.1. The Morgan fingerprint density at radius 2 is 2.00 bits per heavy atom. The zero-order chi connectivity index (χ0) is 19.4. The summed E-state index contributed by atoms with van der Waals surface area (Å²) in [6, 6.07) is 13.1. The van der Waals surface area contributed by atoms with E-state index in [0.29, 0.717) is 12.1 Å². The van der Waals surface area contributed by atoms with Crippen LogP contribution < -0.4 is 5.32 Å². The molecule has 0 bridgehead atoms. The minimum Gasteiger partial charge on any atom is -0.407 e. The first kappa shape index (κ1) is 19.1. The number of aliphatic hydroxyl groups is 1. The highest BCUT2D eigenvalue weighted by molar-refractivity contribution is 6.30. The maximum Gasteiger partial charge on any atom is 0.410 e. The number of carbonyl (C=O) groups excluding carboxylic acids is 2. The van der Waals surface area contributed by atoms with Gasteiger partial charge in [0, 0.05) is 31.1 Å². The molecule has 3 rings (SSSR count). The number of alkyl carbamates (subject to hydrolysis) is 1. The van der Waals surface area contributed by atoms with Crippen LogP contribution in [0.5, 0.6) is 0 Å². The number of halogens is 2. The van der Waals surface area contributed by atoms with Gasteiger partial charge < -0.3 is 20.1 Å². The first-order chi connectivity index (χ1) is 12.9. The van der Waals surface area contributed by atoms with Gasteiger partial charge in [-0.15, -0.1) is 0 Å². The molecule has 1 aliphatic heterocycles. The second-order valence-corrected chi connectivity index (χ2v) is 6.70. The van der Waals surface area contributed by atoms with Gasteiger partial charge >= 0.3 is 6.09 Å². The summed E-state index contributed by atoms with van der Waals surface area (Å²) in [7, 11) is 0. The van der Waals surface area contributed by atoms with Crippen LogP contribution in [-0.2, 0) is 22.6 Å². The van der Waals surface area contributed by atoms with Crippen molar-refractivity contribution in [3.8, 4) is 0 Å². The molecule has 0 saturated carbocycles. The third kappa shape index (κ3) is 4.75. The molecule has 0 radical (unpaired) electrons. The summed E-state index contributed by atoms with van der Waals surface area (Å²) in [5.74, 6) is -3.41. The van der Waals surface area contributed by atoms with Gasteiger partial charge in [0.2, 0.25) is 0 Å². The molecule has 2 amide bonds. The van der Waals surface area contributed by atoms with E-state index in [1.807, 2.05) is 30.3 Å². The van der Waals surface area contributed by atoms with E-state index in [4.69, 9.17) is 16.3 Å². The normalized spacial score (nSPS) is 19.2. The highest BCUT2D eigenvalue weighted by Crippen LogP contribution is 2.26. The monoisotopic (exact) mass is 392 g/mol. The number of ether oxygens (including phenoxy) is 1. The van der Waals surface area contributed by atoms with Crippen molar-refractivity contribution in [1.82, 2.24) is 10.2 Å². The molecule has 6 nitrogen and oxygen atoms in total. The van der Waals surface area contributed by atoms with Crippen molar-refractivity contribution in [1.29, 1.82) is 0 Å². The smallest absolute Gasteiger partial charge is 0.407 e. The van der Waals surface area contributed by atoms with E-state index in [-0.39, 0.29) is 24.5 Å². The van der Waals surface area contributed by atoms with E-state index < -0.39 is 23.6 Å². The van der Waals surface area contributed by atoms with E-state index in [9.17, 15) is 19.1 Å². The van der Waals surface area contributed by atoms with Gasteiger partial charge in [0.25, 0.3) is 11.7 Å². The molecule has 27 heavy (non-hydrogen) atoms. The summed E-state index contributed by atoms with van der Waals surface area (Å²) in [6.45, 7) is 0.514. The molecule has 2 aromatic rings. The molecule has 0 spiro atoms. The molecular weight excluding hydrogens is 375 g/mol. The standard InChI is InChI=1S/C19H18ClFN2O4/c20-15-8-14(9-16(21)10-15)11-22-18(25)27-19(26)6-7-23(17(19)24)12-13-4-2-1-3-5-13/h1-5,8-10,26H,6-7,11-12H2,(H,22,25)/t19-/m0/s1. The van der Waals surface area contributed by atoms with Crippen LogP contribution in [0.4, 0.5) is 9.18 Å². The average Bonchev–Trinajstić information content (AvgIpc) is 2.88. The fourth-order valence-corrected chi connectivity index (χ4v) is 3.11. The van der Waals surface area contributed by atoms with Crippen LogP contribution in [0.15, 0.2) is 48.5 Å². The largest absolute Gasteiger partial charge is 0.410 e. The summed E-state index contributed by atoms with van der Waals surface area (Å²) in [4.78, 5) is 25.8. The van der Waals surface area contributed by atoms with Crippen LogP contribution in [0.3, 0.4) is 0 Å². The second-order valence-electron chi connectivity index (χ2n) is 6.27. The van der Waals surface area contributed by atoms with Crippen molar-refractivity contribution < 1.29 is 23.8 Å². The zero-order valence-electron chi connectivity index (χ0n) is 14.3. The average molecular weight is 393 g/mol. The fourth-order valence-electron chi connectivity index (χ4n) is 2.87. The number of amides is 2. The molecule has 1 heterocycles. The van der Waals surface area contributed by atoms with Gasteiger partial charge in [0.05, 0.1) is 0 Å². The predicted molar refractivity (Wildman–Crippen MR) is 96.2 cm³/mol. The quantitative estimate of drug-likeness (QED) is 0.767. The minimum absolute atomic E-state index is 0.0299. The Hall–Kier alpha value is -2.64. The molecule has 1 saturated heterocycles. The van der Waals surface area contributed by atoms with Gasteiger partial charge in [0.15, 0.2) is 0 Å². The minimum atomic E-state index is -2.21. The van der Waals surface area contributed by atoms with E-state index >= 15 is 0 Å². The Morgan fingerprint density at radius 3 is 2.70 bits per heavy atom. The summed E-state index contributed by atoms with van der Waals surface area (Å²) >= 11 is 5.75. The predicted octanol–water partition coefficient (Wildman–Crippen LogP) is 2.83. The topological polar surface area (TPSA) is 78.9 Å². The molecule has 2 N–H and O–H groups in total. The number of carbonyl (C=O) groups is 2. The fraction of sp³-hybridized carbons (Fsp3) is 0.263. The molecule has 1 aliphatic rings. The lowest BCUT2D eigenvalue weighted by Gasteiger charge is -2.22. The lowest BCUT2D eigenvalue weighted by molar-refractivity contribution is -0.182. The van der Waals surface area contributed by atoms with E-state index in [2.05, 4.69) is 5.32 Å². The van der Waals surface area contributed by atoms with Gasteiger partial charge in [-0.3, -0.25) is 4.79 Å². The summed E-state index contributed by atoms with van der Waals surface area (Å²) in [5, 5.41) is 13.0. The van der Waals surface area contributed by atoms with Gasteiger partial charge in [-0.25, -0.2) is 9.18 Å². The van der Waals surface area contributed by atoms with Crippen LogP contribution in [0.2, 0.25) is 5.02 Å². The molecule has 0 unspecified atom stereocenters. The van der Waals surface area contributed by atoms with Crippen molar-refractivity contribution in [3.05, 3.63) is 70.5 Å². The SMILES string of the molecule is O=C(NCc1cc(F)cc(Cl)c1)O[C@@]1(O)CCN(Cc2ccccc2)C1=O. The van der Waals surface area contributed by atoms with E-state index in [1.54, 1.807) is 0 Å². The molecule has 8 heteroatoms. The first-order valence-electron chi connectivity index (χ1n) is 8.33. The van der Waals surface area contributed by atoms with Crippen LogP contribution in [-0.4, -0.2) is 34.3 Å². The Morgan fingerprint density at radius 1 is 1.26 bits per heavy atom. The number of hydrogen-bond acceptors (Lipinski definition) is 4. The maximum atomic E-state index is 13.3. The van der Waals surface area contributed by atoms with Crippen molar-refractivity contribution in [3.63, 3.8) is 0 Å². The number of benzene rings is 2. The van der Waals surface area contributed by atoms with E-state index in [0.717, 1.165) is 11.6 Å². The molecule has 0 aromatic heterocycles. The number of hydrogen-bond donors (Lipinski definition) is 2. The molecular formula is C19H18ClFN2O4. The lowest BCUT2D eigenvalue weighted by Crippen LogP contribution is -2.45. The van der Waals surface area contributed by atoms with Gasteiger partial charge in [-0.05, 0) is 29.3 Å². The maximum absolute atomic E-state index is 13.3. The summed E-state index contributed by atoms with van der Waals surface area (Å²) in [6.07, 6.45) is -1.01. The number of nitrogens with one attached hydrogen (secondary N) is 1. The Kier molecular flexibility index (Phi) is 5.62. The van der Waals surface area contributed by atoms with Crippen LogP contribution in [0.25, 0.3) is 0 Å². The Labute approximate surface area is 160 Å². The van der Waals surface area contributed by atoms with Crippen LogP contribution >= 0.6 is 11.6 Å². The van der Waals surface area contributed by atoms with Gasteiger partial charge in [-0.2, -0.15) is 0 Å². The van der Waals surface area contributed by atoms with Gasteiger partial charge in [0.1, 0.15) is 5.82 Å². The molecule has 1 fully saturated rings. The summed E-state index contributed by atoms with van der Waals surface area (Å²) in [5.41, 5.74) is 1.33. The van der Waals surface area contributed by atoms with Crippen molar-refractivity contribution in [2.75, 3.05) is 6.54 Å². The van der Waals surface area contributed by atoms with Gasteiger partial charge in [-0.1, -0.05) is 41.9 Å². The third-order valence-corrected chi connectivity index (χ3v) is 4.40. The Bertz CT molecular complexity index is 829. The van der Waals surface area contributed by atoms with Crippen LogP contribution in [0.1, 0.15) is 17.5 Å². The van der Waals surface area contributed by atoms with Crippen molar-refractivity contribution in [2.45, 2.75) is 25.3 Å². The second kappa shape index (κ2) is 7.94. The molecule has 0 aliphatic carbocycles. The van der Waals surface area contributed by atoms with Crippen LogP contribution in [0, 0.1) is 5.82 Å². The third-order valence-electron chi connectivity index (χ3n) is 4.18. The van der Waals surface area contributed by atoms with Crippen molar-refractivity contribution >= 4 is 23.6 Å². The Balaban J connectivity index is 1.56. The molecule has 2 aromatic carbocycles. The molecule has 142 valence electrons. The highest BCUT2D eigenvalue weighted by Gasteiger charge is 2.48. The summed E-state index contributed by atoms with van der Waals surface area (Å²) < 4.78 is 18.2. The lowest BCUT2D eigenvalue weighted by atomic mass is 10.2. The number of rotatable bonds is 5. The highest BCUT2D eigenvalue weighted by atomic mass is 35.5. The number of likely N-dealkylation sites (tertiary alicyclic amines) is 1. The number of nitrogens with zero attached hydrogens (tertiary/aromatic N) is 1.